The minimum atomic E-state index is -0.760. The lowest BCUT2D eigenvalue weighted by atomic mass is 10.1. The fourth-order valence-electron chi connectivity index (χ4n) is 2.84. The van der Waals surface area contributed by atoms with Crippen LogP contribution in [0.25, 0.3) is 17.0 Å². The molecule has 3 aromatic rings. The van der Waals surface area contributed by atoms with Crippen LogP contribution < -0.4 is 0 Å². The molecule has 0 saturated carbocycles. The van der Waals surface area contributed by atoms with E-state index in [-0.39, 0.29) is 23.6 Å². The highest BCUT2D eigenvalue weighted by molar-refractivity contribution is 6.11. The number of aromatic amines is 1. The van der Waals surface area contributed by atoms with Gasteiger partial charge in [-0.1, -0.05) is 48.5 Å². The molecule has 31 heavy (non-hydrogen) atoms. The maximum atomic E-state index is 12.4. The number of nitrogens with one attached hydrogen (secondary N) is 1. The Balaban J connectivity index is 1.84. The summed E-state index contributed by atoms with van der Waals surface area (Å²) in [5.74, 6) is -1.73. The Bertz CT molecular complexity index is 1170. The molecule has 2 N–H and O–H groups in total. The van der Waals surface area contributed by atoms with Gasteiger partial charge in [-0.3, -0.25) is 0 Å². The molecular formula is C24H22N2O5. The van der Waals surface area contributed by atoms with E-state index in [0.717, 1.165) is 28.2 Å². The summed E-state index contributed by atoms with van der Waals surface area (Å²) in [6.07, 6.45) is 4.38. The van der Waals surface area contributed by atoms with Gasteiger partial charge in [-0.25, -0.2) is 14.6 Å². The Hall–Kier alpha value is -4.13. The normalized spacial score (nSPS) is 12.6. The zero-order valence-corrected chi connectivity index (χ0v) is 17.2. The van der Waals surface area contributed by atoms with Crippen molar-refractivity contribution >= 4 is 35.1 Å². The molecule has 1 aromatic heterocycles. The smallest absolute Gasteiger partial charge is 0.356 e. The average molecular weight is 418 g/mol. The van der Waals surface area contributed by atoms with Crippen LogP contribution in [-0.2, 0) is 25.7 Å². The van der Waals surface area contributed by atoms with Gasteiger partial charge in [0.1, 0.15) is 23.6 Å². The molecule has 0 bridgehead atoms. The lowest BCUT2D eigenvalue weighted by Crippen LogP contribution is -2.12. The first kappa shape index (κ1) is 21.6. The third-order valence-corrected chi connectivity index (χ3v) is 4.46. The Labute approximate surface area is 179 Å². The predicted octanol–water partition coefficient (Wildman–Crippen LogP) is 4.33. The number of esters is 2. The van der Waals surface area contributed by atoms with Crippen LogP contribution in [0.5, 0.6) is 0 Å². The number of H-pyrrole nitrogens is 1. The second-order valence-corrected chi connectivity index (χ2v) is 6.63. The third kappa shape index (κ3) is 5.48. The first-order valence-electron chi connectivity index (χ1n) is 9.50. The number of aliphatic hydroxyl groups is 1. The number of aliphatic imine (C=N–C) groups is 1. The molecule has 0 fully saturated rings. The van der Waals surface area contributed by atoms with Gasteiger partial charge in [0.25, 0.3) is 0 Å². The molecule has 0 spiro atoms. The first-order valence-corrected chi connectivity index (χ1v) is 9.50. The van der Waals surface area contributed by atoms with Crippen LogP contribution in [-0.4, -0.2) is 35.4 Å². The van der Waals surface area contributed by atoms with Gasteiger partial charge in [-0.05, 0) is 24.6 Å². The maximum Gasteiger partial charge on any atom is 0.356 e. The van der Waals surface area contributed by atoms with Crippen LogP contribution in [0.4, 0.5) is 0 Å². The zero-order valence-electron chi connectivity index (χ0n) is 17.2. The van der Waals surface area contributed by atoms with Crippen LogP contribution in [0, 0.1) is 0 Å². The average Bonchev–Trinajstić information content (AvgIpc) is 3.19. The topological polar surface area (TPSA) is 101 Å². The van der Waals surface area contributed by atoms with Crippen LogP contribution in [0.15, 0.2) is 82.8 Å². The van der Waals surface area contributed by atoms with Gasteiger partial charge in [0, 0.05) is 28.9 Å². The summed E-state index contributed by atoms with van der Waals surface area (Å²) < 4.78 is 10.1. The molecule has 0 aliphatic heterocycles. The van der Waals surface area contributed by atoms with Crippen molar-refractivity contribution < 1.29 is 24.2 Å². The Morgan fingerprint density at radius 1 is 1.06 bits per heavy atom. The Morgan fingerprint density at radius 2 is 1.77 bits per heavy atom. The molecule has 1 heterocycles. The second kappa shape index (κ2) is 10.1. The van der Waals surface area contributed by atoms with Crippen molar-refractivity contribution in [3.8, 4) is 0 Å². The molecule has 2 aromatic carbocycles. The van der Waals surface area contributed by atoms with E-state index in [1.807, 2.05) is 54.6 Å². The highest BCUT2D eigenvalue weighted by Crippen LogP contribution is 2.21. The molecule has 7 heteroatoms. The number of rotatable bonds is 7. The molecule has 0 amide bonds. The van der Waals surface area contributed by atoms with E-state index >= 15 is 0 Å². The van der Waals surface area contributed by atoms with Crippen molar-refractivity contribution in [2.24, 2.45) is 4.99 Å². The molecule has 0 saturated heterocycles. The molecule has 0 aliphatic rings. The molecule has 0 radical (unpaired) electrons. The number of benzene rings is 2. The summed E-state index contributed by atoms with van der Waals surface area (Å²) in [6.45, 7) is 1.38. The molecule has 0 unspecified atom stereocenters. The number of carbonyl (C=O) groups excluding carboxylic acids is 2. The quantitative estimate of drug-likeness (QED) is 0.257. The van der Waals surface area contributed by atoms with Crippen LogP contribution in [0.3, 0.4) is 0 Å². The minimum Gasteiger partial charge on any atom is -0.512 e. The van der Waals surface area contributed by atoms with Gasteiger partial charge in [-0.2, -0.15) is 0 Å². The molecule has 3 rings (SSSR count). The Kier molecular flexibility index (Phi) is 7.01. The van der Waals surface area contributed by atoms with Crippen molar-refractivity contribution in [3.63, 3.8) is 0 Å². The highest BCUT2D eigenvalue weighted by Gasteiger charge is 2.15. The number of ether oxygens (including phenoxy) is 2. The number of aromatic nitrogens is 1. The number of carbonyl (C=O) groups is 2. The monoisotopic (exact) mass is 418 g/mol. The molecule has 7 nitrogen and oxygen atoms in total. The number of para-hydroxylation sites is 1. The number of nitrogens with zero attached hydrogens (tertiary/aromatic N) is 1. The van der Waals surface area contributed by atoms with Crippen molar-refractivity contribution in [1.29, 1.82) is 0 Å². The summed E-state index contributed by atoms with van der Waals surface area (Å²) in [4.78, 5) is 31.9. The summed E-state index contributed by atoms with van der Waals surface area (Å²) >= 11 is 0. The number of hydrogen-bond acceptors (Lipinski definition) is 6. The van der Waals surface area contributed by atoms with Crippen LogP contribution in [0.2, 0.25) is 0 Å². The molecule has 0 atom stereocenters. The summed E-state index contributed by atoms with van der Waals surface area (Å²) in [6, 6.07) is 16.7. The van der Waals surface area contributed by atoms with Crippen LogP contribution in [0.1, 0.15) is 18.1 Å². The van der Waals surface area contributed by atoms with Crippen molar-refractivity contribution in [2.45, 2.75) is 13.5 Å². The summed E-state index contributed by atoms with van der Waals surface area (Å²) in [5.41, 5.74) is 2.23. The van der Waals surface area contributed by atoms with Gasteiger partial charge >= 0.3 is 11.9 Å². The standard InChI is InChI=1S/C24H22N2O5/c1-16(27)20(23(28)31-15-17-8-4-3-5-9-17)14-26-22(24(29)30-2)12-18-13-25-21-11-7-6-10-19(18)21/h3-14,25,27H,15H2,1-2H3/b20-16+,22-12-,26-14+. The predicted molar refractivity (Wildman–Crippen MR) is 118 cm³/mol. The van der Waals surface area contributed by atoms with Gasteiger partial charge in [-0.15, -0.1) is 0 Å². The van der Waals surface area contributed by atoms with E-state index in [4.69, 9.17) is 9.47 Å². The van der Waals surface area contributed by atoms with Crippen molar-refractivity contribution in [3.05, 3.63) is 89.0 Å². The van der Waals surface area contributed by atoms with Crippen molar-refractivity contribution in [2.75, 3.05) is 7.11 Å². The fraction of sp³-hybridized carbons (Fsp3) is 0.125. The molecular weight excluding hydrogens is 396 g/mol. The van der Waals surface area contributed by atoms with E-state index < -0.39 is 11.9 Å². The largest absolute Gasteiger partial charge is 0.512 e. The lowest BCUT2D eigenvalue weighted by Gasteiger charge is -2.06. The number of methoxy groups -OCH3 is 1. The molecule has 0 aliphatic carbocycles. The van der Waals surface area contributed by atoms with E-state index in [1.54, 1.807) is 12.3 Å². The van der Waals surface area contributed by atoms with E-state index in [9.17, 15) is 14.7 Å². The third-order valence-electron chi connectivity index (χ3n) is 4.46. The fourth-order valence-corrected chi connectivity index (χ4v) is 2.84. The van der Waals surface area contributed by atoms with Crippen LogP contribution >= 0.6 is 0 Å². The SMILES string of the molecule is COC(=O)C(=C/c1c[nH]c2ccccc12)/N=C/C(C(=O)OCc1ccccc1)=C(/C)O. The lowest BCUT2D eigenvalue weighted by molar-refractivity contribution is -0.140. The van der Waals surface area contributed by atoms with E-state index in [2.05, 4.69) is 9.98 Å². The number of aliphatic hydroxyl groups excluding tert-OH is 1. The highest BCUT2D eigenvalue weighted by atomic mass is 16.5. The maximum absolute atomic E-state index is 12.4. The van der Waals surface area contributed by atoms with Gasteiger partial charge < -0.3 is 19.6 Å². The number of allylic oxidation sites excluding steroid dienone is 1. The summed E-state index contributed by atoms with van der Waals surface area (Å²) in [7, 11) is 1.24. The Morgan fingerprint density at radius 3 is 2.48 bits per heavy atom. The second-order valence-electron chi connectivity index (χ2n) is 6.63. The zero-order chi connectivity index (χ0) is 22.2. The first-order chi connectivity index (χ1) is 15.0. The van der Waals surface area contributed by atoms with Gasteiger partial charge in [0.15, 0.2) is 0 Å². The summed E-state index contributed by atoms with van der Waals surface area (Å²) in [5, 5.41) is 10.8. The van der Waals surface area contributed by atoms with E-state index in [1.165, 1.54) is 14.0 Å². The molecule has 158 valence electrons. The number of hydrogen-bond donors (Lipinski definition) is 2. The minimum absolute atomic E-state index is 0.0399. The number of fused-ring (bicyclic) bond motifs is 1. The van der Waals surface area contributed by atoms with Crippen molar-refractivity contribution in [1.82, 2.24) is 4.98 Å². The van der Waals surface area contributed by atoms with Gasteiger partial charge in [0.05, 0.1) is 7.11 Å². The van der Waals surface area contributed by atoms with E-state index in [0.29, 0.717) is 0 Å². The van der Waals surface area contributed by atoms with Gasteiger partial charge in [0.2, 0.25) is 0 Å².